The molecule has 1 aromatic heterocycles. The predicted octanol–water partition coefficient (Wildman–Crippen LogP) is 6.18. The minimum Gasteiger partial charge on any atom is -0.497 e. The average Bonchev–Trinajstić information content (AvgIpc) is 3.86. The van der Waals surface area contributed by atoms with Crippen LogP contribution in [0.5, 0.6) is 5.75 Å². The second-order valence-electron chi connectivity index (χ2n) is 15.6. The Morgan fingerprint density at radius 1 is 1.04 bits per heavy atom. The van der Waals surface area contributed by atoms with Crippen LogP contribution in [0.1, 0.15) is 37.3 Å². The Balaban J connectivity index is 1.16. The molecule has 1 N–H and O–H groups in total. The molecule has 5 atom stereocenters. The van der Waals surface area contributed by atoms with Gasteiger partial charge in [-0.15, -0.1) is 0 Å². The zero-order valence-electron chi connectivity index (χ0n) is 31.4. The Hall–Kier alpha value is -4.81. The highest BCUT2D eigenvalue weighted by atomic mass is 35.5. The maximum Gasteiger partial charge on any atom is 0.279 e. The van der Waals surface area contributed by atoms with Crippen molar-refractivity contribution in [1.29, 1.82) is 0 Å². The summed E-state index contributed by atoms with van der Waals surface area (Å²) >= 11 is 6.70. The highest BCUT2D eigenvalue weighted by Crippen LogP contribution is 2.60. The topological polar surface area (TPSA) is 114 Å². The molecule has 284 valence electrons. The van der Waals surface area contributed by atoms with Gasteiger partial charge in [-0.3, -0.25) is 14.4 Å². The van der Waals surface area contributed by atoms with E-state index in [1.807, 2.05) is 66.7 Å². The van der Waals surface area contributed by atoms with Gasteiger partial charge in [0, 0.05) is 28.4 Å². The highest BCUT2D eigenvalue weighted by Gasteiger charge is 2.66. The number of fused-ring (bicyclic) bond motifs is 3. The molecule has 2 amide bonds. The lowest BCUT2D eigenvalue weighted by molar-refractivity contribution is -0.150. The van der Waals surface area contributed by atoms with Crippen LogP contribution in [0.3, 0.4) is 0 Å². The standard InChI is InChI=1S/C43H45ClN4O6Si/c1-27-40(55(3,4)34-18-16-33(53-2)17-19-34)38(23-39(50)46-21-7-9-32(46)26-49)54-43(27)36-22-30(44)13-20-37(36)47(42(43)52)25-28-11-14-31(15-12-28)48-41(51)35-10-6-5-8-29(35)24-45-48/h5-6,8,10-20,22,24,27,32,38,40,49H,7,9,21,23,25-26H2,1-4H3/t27-,32-,38+,40-,43+/m0/s1. The number of aliphatic hydroxyl groups is 1. The summed E-state index contributed by atoms with van der Waals surface area (Å²) in [6.45, 7) is 7.44. The van der Waals surface area contributed by atoms with Gasteiger partial charge in [0.15, 0.2) is 5.60 Å². The van der Waals surface area contributed by atoms with E-state index < -0.39 is 19.8 Å². The summed E-state index contributed by atoms with van der Waals surface area (Å²) in [5, 5.41) is 17.5. The molecule has 10 nitrogen and oxygen atoms in total. The van der Waals surface area contributed by atoms with Gasteiger partial charge in [-0.05, 0) is 72.5 Å². The van der Waals surface area contributed by atoms with Gasteiger partial charge in [-0.25, -0.2) is 0 Å². The fraction of sp³-hybridized carbons (Fsp3) is 0.349. The number of carbonyl (C=O) groups excluding carboxylic acids is 2. The van der Waals surface area contributed by atoms with Crippen molar-refractivity contribution in [3.8, 4) is 11.4 Å². The number of halogens is 1. The molecule has 5 aromatic rings. The van der Waals surface area contributed by atoms with Gasteiger partial charge in [0.25, 0.3) is 11.5 Å². The first-order chi connectivity index (χ1) is 26.5. The smallest absolute Gasteiger partial charge is 0.279 e. The van der Waals surface area contributed by atoms with E-state index in [0.29, 0.717) is 33.9 Å². The number of likely N-dealkylation sites (tertiary alicyclic amines) is 1. The number of hydrogen-bond donors (Lipinski definition) is 1. The SMILES string of the molecule is COc1ccc([Si](C)(C)[C@@H]2[C@@H](CC(=O)N3CCC[C@H]3CO)O[C@]3(C(=O)N(Cc4ccc(-n5ncc6ccccc6c5=O)cc4)c4ccc(Cl)cc43)[C@H]2C)cc1. The molecule has 4 heterocycles. The van der Waals surface area contributed by atoms with Crippen LogP contribution in [0.25, 0.3) is 16.5 Å². The number of anilines is 1. The van der Waals surface area contributed by atoms with Crippen LogP contribution in [0, 0.1) is 5.92 Å². The van der Waals surface area contributed by atoms with E-state index >= 15 is 4.79 Å². The molecule has 2 fully saturated rings. The number of aliphatic hydroxyl groups excluding tert-OH is 1. The highest BCUT2D eigenvalue weighted by molar-refractivity contribution is 6.91. The van der Waals surface area contributed by atoms with E-state index in [1.54, 1.807) is 35.2 Å². The van der Waals surface area contributed by atoms with Crippen LogP contribution in [0.15, 0.2) is 102 Å². The summed E-state index contributed by atoms with van der Waals surface area (Å²) < 4.78 is 14.0. The van der Waals surface area contributed by atoms with Crippen LogP contribution < -0.4 is 20.4 Å². The van der Waals surface area contributed by atoms with Gasteiger partial charge in [-0.1, -0.05) is 79.3 Å². The predicted molar refractivity (Wildman–Crippen MR) is 216 cm³/mol. The first kappa shape index (κ1) is 37.1. The molecule has 4 aromatic carbocycles. The molecular formula is C43H45ClN4O6Si. The number of ether oxygens (including phenoxy) is 2. The lowest BCUT2D eigenvalue weighted by atomic mass is 9.82. The van der Waals surface area contributed by atoms with Crippen molar-refractivity contribution in [2.24, 2.45) is 5.92 Å². The van der Waals surface area contributed by atoms with Crippen LogP contribution in [-0.2, 0) is 26.5 Å². The molecule has 0 bridgehead atoms. The van der Waals surface area contributed by atoms with E-state index in [-0.39, 0.29) is 54.4 Å². The van der Waals surface area contributed by atoms with E-state index in [9.17, 15) is 14.7 Å². The van der Waals surface area contributed by atoms with E-state index in [4.69, 9.17) is 21.1 Å². The third-order valence-corrected chi connectivity index (χ3v) is 16.9. The van der Waals surface area contributed by atoms with Crippen molar-refractivity contribution < 1.29 is 24.2 Å². The normalized spacial score (nSPS) is 23.6. The molecule has 12 heteroatoms. The molecular weight excluding hydrogens is 732 g/mol. The van der Waals surface area contributed by atoms with Crippen LogP contribution in [-0.4, -0.2) is 72.1 Å². The van der Waals surface area contributed by atoms with Gasteiger partial charge >= 0.3 is 0 Å². The number of nitrogens with zero attached hydrogens (tertiary/aromatic N) is 4. The van der Waals surface area contributed by atoms with Crippen molar-refractivity contribution in [2.75, 3.05) is 25.2 Å². The molecule has 0 radical (unpaired) electrons. The monoisotopic (exact) mass is 776 g/mol. The Kier molecular flexibility index (Phi) is 9.69. The summed E-state index contributed by atoms with van der Waals surface area (Å²) in [6, 6.07) is 28.3. The van der Waals surface area contributed by atoms with Gasteiger partial charge in [-0.2, -0.15) is 9.78 Å². The maximum atomic E-state index is 15.2. The number of rotatable bonds is 9. The first-order valence-electron chi connectivity index (χ1n) is 18.9. The van der Waals surface area contributed by atoms with E-state index in [2.05, 4.69) is 37.2 Å². The lowest BCUT2D eigenvalue weighted by Gasteiger charge is -2.37. The summed E-state index contributed by atoms with van der Waals surface area (Å²) in [4.78, 5) is 46.1. The molecule has 0 saturated carbocycles. The molecule has 3 aliphatic rings. The number of methoxy groups -OCH3 is 1. The number of hydrogen-bond acceptors (Lipinski definition) is 7. The molecule has 8 rings (SSSR count). The Bertz CT molecular complexity index is 2330. The summed E-state index contributed by atoms with van der Waals surface area (Å²) in [6.07, 6.45) is 2.83. The summed E-state index contributed by atoms with van der Waals surface area (Å²) in [7, 11) is -0.848. The quantitative estimate of drug-likeness (QED) is 0.178. The number of carbonyl (C=O) groups is 2. The number of amides is 2. The van der Waals surface area contributed by atoms with Gasteiger partial charge in [0.05, 0.1) is 69.9 Å². The molecule has 3 aliphatic heterocycles. The minimum absolute atomic E-state index is 0.0657. The van der Waals surface area contributed by atoms with Gasteiger partial charge in [0.1, 0.15) is 5.75 Å². The third-order valence-electron chi connectivity index (χ3n) is 12.3. The zero-order chi connectivity index (χ0) is 38.6. The molecule has 1 spiro atoms. The summed E-state index contributed by atoms with van der Waals surface area (Å²) in [5.74, 6) is 0.186. The van der Waals surface area contributed by atoms with Gasteiger partial charge < -0.3 is 24.4 Å². The van der Waals surface area contributed by atoms with Crippen molar-refractivity contribution in [2.45, 2.75) is 69.1 Å². The largest absolute Gasteiger partial charge is 0.497 e. The number of benzene rings is 4. The van der Waals surface area contributed by atoms with Crippen molar-refractivity contribution in [3.63, 3.8) is 0 Å². The number of aromatic nitrogens is 2. The lowest BCUT2D eigenvalue weighted by Crippen LogP contribution is -2.52. The van der Waals surface area contributed by atoms with Gasteiger partial charge in [0.2, 0.25) is 5.91 Å². The van der Waals surface area contributed by atoms with Crippen molar-refractivity contribution in [1.82, 2.24) is 14.7 Å². The average molecular weight is 777 g/mol. The van der Waals surface area contributed by atoms with Crippen LogP contribution in [0.4, 0.5) is 5.69 Å². The maximum absolute atomic E-state index is 15.2. The second-order valence-corrected chi connectivity index (χ2v) is 20.7. The van der Waals surface area contributed by atoms with E-state index in [1.165, 1.54) is 9.87 Å². The molecule has 2 saturated heterocycles. The van der Waals surface area contributed by atoms with E-state index in [0.717, 1.165) is 29.5 Å². The molecule has 0 aliphatic carbocycles. The fourth-order valence-corrected chi connectivity index (χ4v) is 13.7. The molecule has 55 heavy (non-hydrogen) atoms. The van der Waals surface area contributed by atoms with Crippen LogP contribution >= 0.6 is 11.6 Å². The van der Waals surface area contributed by atoms with Crippen LogP contribution in [0.2, 0.25) is 23.7 Å². The molecule has 0 unspecified atom stereocenters. The zero-order valence-corrected chi connectivity index (χ0v) is 33.2. The minimum atomic E-state index is -2.49. The third kappa shape index (κ3) is 6.17. The fourth-order valence-electron chi connectivity index (χ4n) is 9.49. The first-order valence-corrected chi connectivity index (χ1v) is 22.3. The Morgan fingerprint density at radius 3 is 2.51 bits per heavy atom. The Morgan fingerprint density at radius 2 is 1.78 bits per heavy atom. The van der Waals surface area contributed by atoms with Crippen molar-refractivity contribution in [3.05, 3.63) is 124 Å². The van der Waals surface area contributed by atoms with Crippen molar-refractivity contribution >= 4 is 53.1 Å². The summed E-state index contributed by atoms with van der Waals surface area (Å²) in [5.41, 5.74) is 1.17. The second kappa shape index (κ2) is 14.4. The Labute approximate surface area is 326 Å².